The predicted molar refractivity (Wildman–Crippen MR) is 93.8 cm³/mol. The Labute approximate surface area is 151 Å². The van der Waals surface area contributed by atoms with Crippen LogP contribution in [0.2, 0.25) is 0 Å². The van der Waals surface area contributed by atoms with E-state index in [-0.39, 0.29) is 18.1 Å². The van der Waals surface area contributed by atoms with Crippen molar-refractivity contribution in [2.24, 2.45) is 0 Å². The number of methoxy groups -OCH3 is 1. The molecule has 0 unspecified atom stereocenters. The molecule has 136 valence electrons. The third-order valence-corrected chi connectivity index (χ3v) is 3.62. The number of carbonyl (C=O) groups excluding carboxylic acids is 2. The maximum Gasteiger partial charge on any atom is 0.519 e. The molecule has 2 aromatic rings. The summed E-state index contributed by atoms with van der Waals surface area (Å²) < 4.78 is 15.7. The van der Waals surface area contributed by atoms with Gasteiger partial charge in [-0.2, -0.15) is 0 Å². The van der Waals surface area contributed by atoms with Gasteiger partial charge in [-0.25, -0.2) is 4.79 Å². The zero-order chi connectivity index (χ0) is 19.1. The standard InChI is InChI=1S/C19H20NO6/c1-4-20(23)15-6-8-16(9-7-15)25-19(22)26-17-10-5-14(11-13(17)2)12-18(21)24-3/h5-11H,4,12H2,1-3H3/q+1. The van der Waals surface area contributed by atoms with Crippen LogP contribution < -0.4 is 9.47 Å². The minimum absolute atomic E-state index is 0.142. The van der Waals surface area contributed by atoms with Gasteiger partial charge in [0.1, 0.15) is 11.5 Å². The molecule has 0 amide bonds. The van der Waals surface area contributed by atoms with Crippen molar-refractivity contribution in [1.29, 1.82) is 0 Å². The van der Waals surface area contributed by atoms with Crippen LogP contribution in [0.3, 0.4) is 0 Å². The lowest BCUT2D eigenvalue weighted by Crippen LogP contribution is -2.14. The van der Waals surface area contributed by atoms with Gasteiger partial charge in [0.05, 0.1) is 13.5 Å². The van der Waals surface area contributed by atoms with Crippen molar-refractivity contribution >= 4 is 17.8 Å². The molecule has 7 heteroatoms. The molecule has 0 saturated carbocycles. The number of esters is 1. The Balaban J connectivity index is 1.99. The Bertz CT molecular complexity index is 813. The Hall–Kier alpha value is -3.22. The van der Waals surface area contributed by atoms with Gasteiger partial charge in [0.2, 0.25) is 0 Å². The van der Waals surface area contributed by atoms with Crippen molar-refractivity contribution in [3.63, 3.8) is 0 Å². The van der Waals surface area contributed by atoms with Gasteiger partial charge in [-0.3, -0.25) is 4.79 Å². The average Bonchev–Trinajstić information content (AvgIpc) is 2.63. The minimum Gasteiger partial charge on any atom is -0.469 e. The number of nitrogens with zero attached hydrogens (tertiary/aromatic N) is 1. The molecule has 0 heterocycles. The Kier molecular flexibility index (Phi) is 6.43. The molecule has 7 nitrogen and oxygen atoms in total. The molecule has 0 bridgehead atoms. The van der Waals surface area contributed by atoms with Crippen LogP contribution >= 0.6 is 0 Å². The summed E-state index contributed by atoms with van der Waals surface area (Å²) >= 11 is 0. The van der Waals surface area contributed by atoms with E-state index in [0.717, 1.165) is 10.3 Å². The van der Waals surface area contributed by atoms with Gasteiger partial charge in [0, 0.05) is 21.8 Å². The highest BCUT2D eigenvalue weighted by atomic mass is 16.7. The number of hydrogen-bond donors (Lipinski definition) is 0. The topological polar surface area (TPSA) is 81.9 Å². The van der Waals surface area contributed by atoms with Crippen LogP contribution in [0.15, 0.2) is 42.5 Å². The van der Waals surface area contributed by atoms with Crippen molar-refractivity contribution in [2.75, 3.05) is 13.7 Å². The summed E-state index contributed by atoms with van der Waals surface area (Å²) in [6.45, 7) is 3.83. The van der Waals surface area contributed by atoms with E-state index in [1.54, 1.807) is 44.2 Å². The van der Waals surface area contributed by atoms with Crippen LogP contribution in [0, 0.1) is 11.8 Å². The van der Waals surface area contributed by atoms with Crippen molar-refractivity contribution < 1.29 is 28.6 Å². The number of aryl methyl sites for hydroxylation is 1. The largest absolute Gasteiger partial charge is 0.519 e. The van der Waals surface area contributed by atoms with Gasteiger partial charge < -0.3 is 14.2 Å². The zero-order valence-electron chi connectivity index (χ0n) is 14.9. The predicted octanol–water partition coefficient (Wildman–Crippen LogP) is 3.72. The van der Waals surface area contributed by atoms with Crippen molar-refractivity contribution in [3.05, 3.63) is 58.5 Å². The molecule has 2 rings (SSSR count). The van der Waals surface area contributed by atoms with E-state index in [1.807, 2.05) is 0 Å². The summed E-state index contributed by atoms with van der Waals surface area (Å²) in [5, 5.41) is 0. The highest BCUT2D eigenvalue weighted by Crippen LogP contribution is 2.22. The molecule has 0 spiro atoms. The summed E-state index contributed by atoms with van der Waals surface area (Å²) in [5.41, 5.74) is 1.91. The highest BCUT2D eigenvalue weighted by molar-refractivity contribution is 5.73. The number of hydrogen-bond acceptors (Lipinski definition) is 6. The molecule has 0 aromatic heterocycles. The molecule has 0 saturated heterocycles. The maximum absolute atomic E-state index is 11.9. The number of ether oxygens (including phenoxy) is 3. The van der Waals surface area contributed by atoms with Crippen LogP contribution in [0.1, 0.15) is 18.1 Å². The van der Waals surface area contributed by atoms with E-state index in [2.05, 4.69) is 4.74 Å². The first-order chi connectivity index (χ1) is 12.4. The molecule has 0 N–H and O–H groups in total. The second-order valence-corrected chi connectivity index (χ2v) is 5.50. The van der Waals surface area contributed by atoms with Crippen molar-refractivity contribution in [3.8, 4) is 11.5 Å². The SMILES string of the molecule is CC[N+](=O)c1ccc(OC(=O)Oc2ccc(CC(=O)OC)cc2C)cc1. The summed E-state index contributed by atoms with van der Waals surface area (Å²) in [6, 6.07) is 11.2. The quantitative estimate of drug-likeness (QED) is 0.445. The van der Waals surface area contributed by atoms with Gasteiger partial charge in [-0.1, -0.05) is 12.1 Å². The summed E-state index contributed by atoms with van der Waals surface area (Å²) in [5.74, 6) is 0.251. The summed E-state index contributed by atoms with van der Waals surface area (Å²) in [4.78, 5) is 34.7. The fourth-order valence-electron chi connectivity index (χ4n) is 2.24. The first kappa shape index (κ1) is 19.1. The first-order valence-electron chi connectivity index (χ1n) is 8.03. The maximum atomic E-state index is 11.9. The smallest absolute Gasteiger partial charge is 0.469 e. The lowest BCUT2D eigenvalue weighted by Gasteiger charge is -2.09. The van der Waals surface area contributed by atoms with Gasteiger partial charge in [0.15, 0.2) is 6.54 Å². The average molecular weight is 358 g/mol. The van der Waals surface area contributed by atoms with Crippen LogP contribution in [-0.2, 0) is 16.0 Å². The van der Waals surface area contributed by atoms with Crippen LogP contribution in [0.4, 0.5) is 10.5 Å². The second-order valence-electron chi connectivity index (χ2n) is 5.50. The van der Waals surface area contributed by atoms with Crippen LogP contribution in [0.5, 0.6) is 11.5 Å². The second kappa shape index (κ2) is 8.75. The molecular weight excluding hydrogens is 338 g/mol. The number of carbonyl (C=O) groups is 2. The molecule has 0 aliphatic heterocycles. The molecule has 0 atom stereocenters. The first-order valence-corrected chi connectivity index (χ1v) is 8.03. The highest BCUT2D eigenvalue weighted by Gasteiger charge is 2.14. The lowest BCUT2D eigenvalue weighted by molar-refractivity contribution is -0.458. The normalized spacial score (nSPS) is 10.1. The van der Waals surface area contributed by atoms with Gasteiger partial charge in [0.25, 0.3) is 5.69 Å². The van der Waals surface area contributed by atoms with Crippen LogP contribution in [-0.4, -0.2) is 30.5 Å². The molecule has 0 fully saturated rings. The molecule has 0 radical (unpaired) electrons. The molecule has 26 heavy (non-hydrogen) atoms. The minimum atomic E-state index is -0.893. The van der Waals surface area contributed by atoms with E-state index >= 15 is 0 Å². The Morgan fingerprint density at radius 3 is 2.31 bits per heavy atom. The molecule has 0 aliphatic rings. The number of nitroso groups, excluding NO2 is 1. The van der Waals surface area contributed by atoms with E-state index in [0.29, 0.717) is 23.5 Å². The zero-order valence-corrected chi connectivity index (χ0v) is 14.9. The van der Waals surface area contributed by atoms with E-state index in [1.165, 1.54) is 19.2 Å². The summed E-state index contributed by atoms with van der Waals surface area (Å²) in [7, 11) is 1.33. The van der Waals surface area contributed by atoms with Crippen molar-refractivity contribution in [2.45, 2.75) is 20.3 Å². The number of rotatable bonds is 6. The van der Waals surface area contributed by atoms with Gasteiger partial charge in [-0.05, 0) is 43.2 Å². The van der Waals surface area contributed by atoms with Gasteiger partial charge >= 0.3 is 12.1 Å². The third-order valence-electron chi connectivity index (χ3n) is 3.62. The van der Waals surface area contributed by atoms with E-state index in [4.69, 9.17) is 9.47 Å². The fourth-order valence-corrected chi connectivity index (χ4v) is 2.24. The van der Waals surface area contributed by atoms with Crippen LogP contribution in [0.25, 0.3) is 0 Å². The van der Waals surface area contributed by atoms with E-state index < -0.39 is 6.16 Å². The van der Waals surface area contributed by atoms with E-state index in [9.17, 15) is 14.5 Å². The monoisotopic (exact) mass is 358 g/mol. The van der Waals surface area contributed by atoms with Gasteiger partial charge in [-0.15, -0.1) is 0 Å². The Morgan fingerprint density at radius 1 is 1.04 bits per heavy atom. The molecule has 0 aliphatic carbocycles. The Morgan fingerprint density at radius 2 is 1.73 bits per heavy atom. The van der Waals surface area contributed by atoms with Crippen molar-refractivity contribution in [1.82, 2.24) is 0 Å². The fraction of sp³-hybridized carbons (Fsp3) is 0.263. The lowest BCUT2D eigenvalue weighted by atomic mass is 10.1. The molecule has 2 aromatic carbocycles. The summed E-state index contributed by atoms with van der Waals surface area (Å²) in [6.07, 6.45) is -0.751. The third kappa shape index (κ3) is 5.14. The molecular formula is C19H20NO6+. The number of benzene rings is 2.